The number of carbonyl (C=O) groups is 1. The fourth-order valence-electron chi connectivity index (χ4n) is 2.56. The Morgan fingerprint density at radius 2 is 2.00 bits per heavy atom. The van der Waals surface area contributed by atoms with E-state index in [2.05, 4.69) is 10.3 Å². The number of benzene rings is 1. The maximum atomic E-state index is 12.2. The number of hydrogen-bond acceptors (Lipinski definition) is 3. The van der Waals surface area contributed by atoms with Crippen molar-refractivity contribution in [2.24, 2.45) is 5.92 Å². The van der Waals surface area contributed by atoms with Gasteiger partial charge < -0.3 is 5.32 Å². The quantitative estimate of drug-likeness (QED) is 0.831. The van der Waals surface area contributed by atoms with Crippen LogP contribution in [-0.2, 0) is 4.79 Å². The van der Waals surface area contributed by atoms with Gasteiger partial charge in [-0.15, -0.1) is 0 Å². The average molecular weight is 329 g/mol. The third-order valence-corrected chi connectivity index (χ3v) is 5.39. The SMILES string of the molecule is O=C(Nc1nc2c(Cl)c(Cl)ccc2s1)C1CCCCC1. The first-order chi connectivity index (χ1) is 9.65. The maximum absolute atomic E-state index is 12.2. The van der Waals surface area contributed by atoms with Crippen LogP contribution in [0.1, 0.15) is 32.1 Å². The van der Waals surface area contributed by atoms with Crippen molar-refractivity contribution in [3.63, 3.8) is 0 Å². The van der Waals surface area contributed by atoms with Crippen molar-refractivity contribution in [3.8, 4) is 0 Å². The van der Waals surface area contributed by atoms with Gasteiger partial charge in [-0.1, -0.05) is 53.8 Å². The summed E-state index contributed by atoms with van der Waals surface area (Å²) in [6.07, 6.45) is 5.46. The van der Waals surface area contributed by atoms with Crippen LogP contribution < -0.4 is 5.32 Å². The number of nitrogens with one attached hydrogen (secondary N) is 1. The smallest absolute Gasteiger partial charge is 0.229 e. The Morgan fingerprint density at radius 1 is 1.25 bits per heavy atom. The molecule has 2 aromatic rings. The van der Waals surface area contributed by atoms with Gasteiger partial charge in [0.05, 0.1) is 14.7 Å². The molecule has 0 saturated heterocycles. The van der Waals surface area contributed by atoms with Crippen LogP contribution in [-0.4, -0.2) is 10.9 Å². The lowest BCUT2D eigenvalue weighted by molar-refractivity contribution is -0.120. The van der Waals surface area contributed by atoms with E-state index in [1.165, 1.54) is 17.8 Å². The molecule has 3 nitrogen and oxygen atoms in total. The molecule has 1 aromatic heterocycles. The van der Waals surface area contributed by atoms with Gasteiger partial charge in [0, 0.05) is 5.92 Å². The van der Waals surface area contributed by atoms with Crippen LogP contribution in [0.2, 0.25) is 10.0 Å². The van der Waals surface area contributed by atoms with E-state index in [0.29, 0.717) is 20.7 Å². The summed E-state index contributed by atoms with van der Waals surface area (Å²) < 4.78 is 0.929. The van der Waals surface area contributed by atoms with E-state index in [1.54, 1.807) is 6.07 Å². The first kappa shape index (κ1) is 14.1. The lowest BCUT2D eigenvalue weighted by atomic mass is 9.89. The molecule has 1 fully saturated rings. The second kappa shape index (κ2) is 5.88. The van der Waals surface area contributed by atoms with E-state index in [4.69, 9.17) is 23.2 Å². The Labute approximate surface area is 131 Å². The number of amides is 1. The van der Waals surface area contributed by atoms with Crippen LogP contribution in [0, 0.1) is 5.92 Å². The fraction of sp³-hybridized carbons (Fsp3) is 0.429. The number of anilines is 1. The second-order valence-electron chi connectivity index (χ2n) is 5.05. The van der Waals surface area contributed by atoms with Crippen LogP contribution in [0.15, 0.2) is 12.1 Å². The zero-order chi connectivity index (χ0) is 14.1. The summed E-state index contributed by atoms with van der Waals surface area (Å²) in [6.45, 7) is 0. The monoisotopic (exact) mass is 328 g/mol. The molecule has 1 aromatic carbocycles. The van der Waals surface area contributed by atoms with Crippen molar-refractivity contribution in [1.29, 1.82) is 0 Å². The molecule has 6 heteroatoms. The molecule has 0 radical (unpaired) electrons. The summed E-state index contributed by atoms with van der Waals surface area (Å²) in [6, 6.07) is 3.62. The molecule has 1 aliphatic carbocycles. The maximum Gasteiger partial charge on any atom is 0.229 e. The molecule has 1 amide bonds. The topological polar surface area (TPSA) is 42.0 Å². The highest BCUT2D eigenvalue weighted by atomic mass is 35.5. The molecule has 106 valence electrons. The summed E-state index contributed by atoms with van der Waals surface area (Å²) in [5, 5.41) is 4.44. The first-order valence-corrected chi connectivity index (χ1v) is 8.28. The number of nitrogens with zero attached hydrogens (tertiary/aromatic N) is 1. The summed E-state index contributed by atoms with van der Waals surface area (Å²) in [5.41, 5.74) is 0.656. The van der Waals surface area contributed by atoms with Gasteiger partial charge in [-0.05, 0) is 25.0 Å². The minimum Gasteiger partial charge on any atom is -0.302 e. The lowest BCUT2D eigenvalue weighted by Crippen LogP contribution is -2.24. The molecular formula is C14H14Cl2N2OS. The number of rotatable bonds is 2. The number of hydrogen-bond donors (Lipinski definition) is 1. The van der Waals surface area contributed by atoms with Gasteiger partial charge in [-0.2, -0.15) is 0 Å². The highest BCUT2D eigenvalue weighted by Gasteiger charge is 2.22. The predicted molar refractivity (Wildman–Crippen MR) is 84.8 cm³/mol. The molecule has 0 unspecified atom stereocenters. The summed E-state index contributed by atoms with van der Waals surface area (Å²) in [5.74, 6) is 0.195. The van der Waals surface area contributed by atoms with Gasteiger partial charge in [-0.25, -0.2) is 4.98 Å². The Kier molecular flexibility index (Phi) is 4.15. The van der Waals surface area contributed by atoms with E-state index in [0.717, 1.165) is 30.4 Å². The van der Waals surface area contributed by atoms with Crippen LogP contribution in [0.3, 0.4) is 0 Å². The Balaban J connectivity index is 1.80. The van der Waals surface area contributed by atoms with Crippen LogP contribution in [0.25, 0.3) is 10.2 Å². The Hall–Kier alpha value is -0.840. The number of aromatic nitrogens is 1. The molecule has 1 N–H and O–H groups in total. The van der Waals surface area contributed by atoms with Crippen LogP contribution in [0.5, 0.6) is 0 Å². The zero-order valence-corrected chi connectivity index (χ0v) is 13.1. The Morgan fingerprint density at radius 3 is 2.75 bits per heavy atom. The van der Waals surface area contributed by atoms with E-state index in [-0.39, 0.29) is 11.8 Å². The third kappa shape index (κ3) is 2.78. The number of carbonyl (C=O) groups excluding carboxylic acids is 1. The summed E-state index contributed by atoms with van der Waals surface area (Å²) in [4.78, 5) is 16.6. The minimum absolute atomic E-state index is 0.0750. The van der Waals surface area contributed by atoms with Gasteiger partial charge in [0.2, 0.25) is 5.91 Å². The molecule has 1 saturated carbocycles. The molecular weight excluding hydrogens is 315 g/mol. The number of halogens is 2. The molecule has 0 spiro atoms. The largest absolute Gasteiger partial charge is 0.302 e. The normalized spacial score (nSPS) is 16.5. The van der Waals surface area contributed by atoms with Crippen molar-refractivity contribution in [3.05, 3.63) is 22.2 Å². The van der Waals surface area contributed by atoms with Crippen LogP contribution >= 0.6 is 34.5 Å². The molecule has 0 aliphatic heterocycles. The van der Waals surface area contributed by atoms with E-state index < -0.39 is 0 Å². The standard InChI is InChI=1S/C14H14Cl2N2OS/c15-9-6-7-10-12(11(9)16)17-14(20-10)18-13(19)8-4-2-1-3-5-8/h6-8H,1-5H2,(H,17,18,19). The van der Waals surface area contributed by atoms with Gasteiger partial charge in [0.25, 0.3) is 0 Å². The van der Waals surface area contributed by atoms with Crippen molar-refractivity contribution in [2.75, 3.05) is 5.32 Å². The molecule has 0 atom stereocenters. The van der Waals surface area contributed by atoms with Crippen molar-refractivity contribution in [2.45, 2.75) is 32.1 Å². The average Bonchev–Trinajstić information content (AvgIpc) is 2.87. The van der Waals surface area contributed by atoms with Gasteiger partial charge in [0.15, 0.2) is 5.13 Å². The minimum atomic E-state index is 0.0750. The summed E-state index contributed by atoms with van der Waals surface area (Å²) in [7, 11) is 0. The molecule has 0 bridgehead atoms. The number of fused-ring (bicyclic) bond motifs is 1. The van der Waals surface area contributed by atoms with E-state index in [9.17, 15) is 4.79 Å². The van der Waals surface area contributed by atoms with Crippen molar-refractivity contribution < 1.29 is 4.79 Å². The summed E-state index contributed by atoms with van der Waals surface area (Å²) >= 11 is 13.5. The Bertz CT molecular complexity index is 650. The predicted octanol–water partition coefficient (Wildman–Crippen LogP) is 5.12. The zero-order valence-electron chi connectivity index (χ0n) is 10.8. The molecule has 3 rings (SSSR count). The van der Waals surface area contributed by atoms with Crippen LogP contribution in [0.4, 0.5) is 5.13 Å². The van der Waals surface area contributed by atoms with Gasteiger partial charge in [0.1, 0.15) is 5.52 Å². The highest BCUT2D eigenvalue weighted by Crippen LogP contribution is 2.35. The highest BCUT2D eigenvalue weighted by molar-refractivity contribution is 7.22. The first-order valence-electron chi connectivity index (χ1n) is 6.70. The van der Waals surface area contributed by atoms with Gasteiger partial charge >= 0.3 is 0 Å². The third-order valence-electron chi connectivity index (χ3n) is 3.66. The van der Waals surface area contributed by atoms with Crippen molar-refractivity contribution >= 4 is 55.8 Å². The molecule has 1 heterocycles. The van der Waals surface area contributed by atoms with Crippen molar-refractivity contribution in [1.82, 2.24) is 4.98 Å². The second-order valence-corrected chi connectivity index (χ2v) is 6.87. The molecule has 1 aliphatic rings. The molecule has 20 heavy (non-hydrogen) atoms. The fourth-order valence-corrected chi connectivity index (χ4v) is 3.86. The van der Waals surface area contributed by atoms with E-state index >= 15 is 0 Å². The van der Waals surface area contributed by atoms with Gasteiger partial charge in [-0.3, -0.25) is 4.79 Å². The van der Waals surface area contributed by atoms with E-state index in [1.807, 2.05) is 6.07 Å². The number of thiazole rings is 1. The lowest BCUT2D eigenvalue weighted by Gasteiger charge is -2.19.